The van der Waals surface area contributed by atoms with Gasteiger partial charge in [0, 0.05) is 15.7 Å². The number of nitrogen functional groups attached to an aromatic ring is 1. The smallest absolute Gasteiger partial charge is 0.261 e. The van der Waals surface area contributed by atoms with Crippen molar-refractivity contribution in [3.63, 3.8) is 0 Å². The summed E-state index contributed by atoms with van der Waals surface area (Å²) in [5, 5.41) is 0.501. The first-order valence-electron chi connectivity index (χ1n) is 5.21. The van der Waals surface area contributed by atoms with Gasteiger partial charge in [-0.3, -0.25) is 4.72 Å². The fourth-order valence-corrected chi connectivity index (χ4v) is 3.27. The molecule has 0 amide bonds. The minimum Gasteiger partial charge on any atom is -0.399 e. The molecule has 0 aromatic heterocycles. The van der Waals surface area contributed by atoms with Crippen molar-refractivity contribution in [1.29, 1.82) is 0 Å². The van der Waals surface area contributed by atoms with E-state index in [9.17, 15) is 8.42 Å². The van der Waals surface area contributed by atoms with Crippen molar-refractivity contribution in [2.45, 2.75) is 4.90 Å². The molecule has 0 unspecified atom stereocenters. The van der Waals surface area contributed by atoms with Gasteiger partial charge in [0.25, 0.3) is 10.0 Å². The molecule has 0 saturated heterocycles. The first-order chi connectivity index (χ1) is 8.87. The maximum atomic E-state index is 12.1. The van der Waals surface area contributed by atoms with Crippen LogP contribution in [-0.4, -0.2) is 8.42 Å². The van der Waals surface area contributed by atoms with Crippen LogP contribution in [0.5, 0.6) is 0 Å². The van der Waals surface area contributed by atoms with Crippen LogP contribution in [0, 0.1) is 0 Å². The van der Waals surface area contributed by atoms with Crippen molar-refractivity contribution in [1.82, 2.24) is 0 Å². The Labute approximate surface area is 121 Å². The molecule has 100 valence electrons. The molecule has 0 radical (unpaired) electrons. The Hall–Kier alpha value is -1.43. The molecule has 2 aromatic carbocycles. The Bertz CT molecular complexity index is 697. The second-order valence-corrected chi connectivity index (χ2v) is 6.39. The van der Waals surface area contributed by atoms with Gasteiger partial charge in [-0.1, -0.05) is 29.3 Å². The average Bonchev–Trinajstić information content (AvgIpc) is 2.26. The van der Waals surface area contributed by atoms with E-state index in [1.54, 1.807) is 18.2 Å². The fourth-order valence-electron chi connectivity index (χ4n) is 1.50. The summed E-state index contributed by atoms with van der Waals surface area (Å²) in [5.41, 5.74) is 6.42. The summed E-state index contributed by atoms with van der Waals surface area (Å²) >= 11 is 11.6. The molecule has 0 aliphatic carbocycles. The van der Waals surface area contributed by atoms with Gasteiger partial charge in [0.2, 0.25) is 0 Å². The number of nitrogens with one attached hydrogen (secondary N) is 1. The zero-order valence-corrected chi connectivity index (χ0v) is 11.9. The molecule has 0 fully saturated rings. The summed E-state index contributed by atoms with van der Waals surface area (Å²) in [6.45, 7) is 0. The average molecular weight is 317 g/mol. The number of sulfonamides is 1. The van der Waals surface area contributed by atoms with E-state index in [1.807, 2.05) is 0 Å². The van der Waals surface area contributed by atoms with Crippen LogP contribution < -0.4 is 10.5 Å². The molecular formula is C12H10Cl2N2O2S. The normalized spacial score (nSPS) is 11.3. The predicted octanol–water partition coefficient (Wildman–Crippen LogP) is 3.38. The second-order valence-electron chi connectivity index (χ2n) is 3.84. The van der Waals surface area contributed by atoms with E-state index in [0.29, 0.717) is 11.4 Å². The van der Waals surface area contributed by atoms with Crippen molar-refractivity contribution in [3.8, 4) is 0 Å². The minimum absolute atomic E-state index is 0.00701. The van der Waals surface area contributed by atoms with Gasteiger partial charge in [0.1, 0.15) is 0 Å². The molecule has 3 N–H and O–H groups in total. The summed E-state index contributed by atoms with van der Waals surface area (Å²) < 4.78 is 26.7. The summed E-state index contributed by atoms with van der Waals surface area (Å²) in [5.74, 6) is 0. The molecular weight excluding hydrogens is 307 g/mol. The van der Waals surface area contributed by atoms with Gasteiger partial charge in [0.05, 0.1) is 10.6 Å². The van der Waals surface area contributed by atoms with Crippen LogP contribution in [0.3, 0.4) is 0 Å². The molecule has 0 heterocycles. The van der Waals surface area contributed by atoms with Crippen molar-refractivity contribution >= 4 is 44.6 Å². The summed E-state index contributed by atoms with van der Waals surface area (Å²) in [7, 11) is -3.75. The molecule has 0 bridgehead atoms. The van der Waals surface area contributed by atoms with Crippen molar-refractivity contribution in [2.24, 2.45) is 0 Å². The van der Waals surface area contributed by atoms with Crippen LogP contribution in [0.4, 0.5) is 11.4 Å². The number of hydrogen-bond acceptors (Lipinski definition) is 3. The molecule has 0 aliphatic heterocycles. The number of hydrogen-bond donors (Lipinski definition) is 2. The van der Waals surface area contributed by atoms with Crippen LogP contribution in [0.2, 0.25) is 10.0 Å². The van der Waals surface area contributed by atoms with Gasteiger partial charge in [-0.15, -0.1) is 0 Å². The zero-order chi connectivity index (χ0) is 14.0. The second kappa shape index (κ2) is 5.28. The van der Waals surface area contributed by atoms with Crippen molar-refractivity contribution < 1.29 is 8.42 Å². The lowest BCUT2D eigenvalue weighted by molar-refractivity contribution is 0.601. The summed E-state index contributed by atoms with van der Waals surface area (Å²) in [6, 6.07) is 10.5. The summed E-state index contributed by atoms with van der Waals surface area (Å²) in [4.78, 5) is -0.00701. The Kier molecular flexibility index (Phi) is 3.89. The van der Waals surface area contributed by atoms with Crippen molar-refractivity contribution in [2.75, 3.05) is 10.5 Å². The van der Waals surface area contributed by atoms with Gasteiger partial charge in [-0.05, 0) is 36.4 Å². The Balaban J connectivity index is 2.37. The molecule has 0 spiro atoms. The van der Waals surface area contributed by atoms with E-state index in [-0.39, 0.29) is 14.9 Å². The first-order valence-corrected chi connectivity index (χ1v) is 7.45. The third-order valence-corrected chi connectivity index (χ3v) is 4.08. The predicted molar refractivity (Wildman–Crippen MR) is 78.1 cm³/mol. The van der Waals surface area contributed by atoms with Crippen LogP contribution in [0.15, 0.2) is 47.4 Å². The van der Waals surface area contributed by atoms with E-state index in [0.717, 1.165) is 0 Å². The third kappa shape index (κ3) is 3.53. The van der Waals surface area contributed by atoms with E-state index in [2.05, 4.69) is 4.72 Å². The number of anilines is 2. The Morgan fingerprint density at radius 1 is 1.00 bits per heavy atom. The molecule has 7 heteroatoms. The van der Waals surface area contributed by atoms with E-state index >= 15 is 0 Å². The molecule has 2 rings (SSSR count). The molecule has 0 saturated carbocycles. The quantitative estimate of drug-likeness (QED) is 0.853. The van der Waals surface area contributed by atoms with Gasteiger partial charge >= 0.3 is 0 Å². The zero-order valence-electron chi connectivity index (χ0n) is 9.60. The van der Waals surface area contributed by atoms with Gasteiger partial charge in [0.15, 0.2) is 0 Å². The maximum absolute atomic E-state index is 12.1. The van der Waals surface area contributed by atoms with Crippen LogP contribution in [-0.2, 0) is 10.0 Å². The maximum Gasteiger partial charge on any atom is 0.261 e. The standard InChI is InChI=1S/C12H10Cl2N2O2S/c13-8-4-9(14)6-12(5-8)19(17,18)16-11-3-1-2-10(15)7-11/h1-7,16H,15H2. The SMILES string of the molecule is Nc1cccc(NS(=O)(=O)c2cc(Cl)cc(Cl)c2)c1. The van der Waals surface area contributed by atoms with Crippen molar-refractivity contribution in [3.05, 3.63) is 52.5 Å². The lowest BCUT2D eigenvalue weighted by Crippen LogP contribution is -2.13. The molecule has 2 aromatic rings. The van der Waals surface area contributed by atoms with Gasteiger partial charge < -0.3 is 5.73 Å². The number of rotatable bonds is 3. The Morgan fingerprint density at radius 2 is 1.63 bits per heavy atom. The highest BCUT2D eigenvalue weighted by atomic mass is 35.5. The lowest BCUT2D eigenvalue weighted by atomic mass is 10.3. The fraction of sp³-hybridized carbons (Fsp3) is 0. The number of nitrogens with two attached hydrogens (primary N) is 1. The largest absolute Gasteiger partial charge is 0.399 e. The number of benzene rings is 2. The van der Waals surface area contributed by atoms with Crippen LogP contribution in [0.25, 0.3) is 0 Å². The molecule has 0 aliphatic rings. The van der Waals surface area contributed by atoms with E-state index in [1.165, 1.54) is 24.3 Å². The minimum atomic E-state index is -3.75. The van der Waals surface area contributed by atoms with Crippen LogP contribution in [0.1, 0.15) is 0 Å². The topological polar surface area (TPSA) is 72.2 Å². The van der Waals surface area contributed by atoms with Gasteiger partial charge in [-0.2, -0.15) is 0 Å². The highest BCUT2D eigenvalue weighted by Gasteiger charge is 2.15. The lowest BCUT2D eigenvalue weighted by Gasteiger charge is -2.09. The van der Waals surface area contributed by atoms with Gasteiger partial charge in [-0.25, -0.2) is 8.42 Å². The third-order valence-electron chi connectivity index (χ3n) is 2.29. The number of halogens is 2. The monoisotopic (exact) mass is 316 g/mol. The summed E-state index contributed by atoms with van der Waals surface area (Å²) in [6.07, 6.45) is 0. The first kappa shape index (κ1) is 14.0. The molecule has 0 atom stereocenters. The van der Waals surface area contributed by atoms with E-state index in [4.69, 9.17) is 28.9 Å². The highest BCUT2D eigenvalue weighted by Crippen LogP contribution is 2.24. The highest BCUT2D eigenvalue weighted by molar-refractivity contribution is 7.92. The van der Waals surface area contributed by atoms with E-state index < -0.39 is 10.0 Å². The Morgan fingerprint density at radius 3 is 2.21 bits per heavy atom. The molecule has 4 nitrogen and oxygen atoms in total. The van der Waals surface area contributed by atoms with Crippen LogP contribution >= 0.6 is 23.2 Å². The molecule has 19 heavy (non-hydrogen) atoms.